The van der Waals surface area contributed by atoms with Gasteiger partial charge in [-0.15, -0.1) is 0 Å². The first kappa shape index (κ1) is 15.3. The van der Waals surface area contributed by atoms with Crippen LogP contribution in [0, 0.1) is 5.82 Å². The molecule has 0 saturated heterocycles. The summed E-state index contributed by atoms with van der Waals surface area (Å²) < 4.78 is 15.4. The molecule has 7 heteroatoms. The molecule has 0 aliphatic carbocycles. The number of hydrazine groups is 1. The highest BCUT2D eigenvalue weighted by molar-refractivity contribution is 6.31. The van der Waals surface area contributed by atoms with Gasteiger partial charge in [0.1, 0.15) is 5.82 Å². The van der Waals surface area contributed by atoms with Crippen molar-refractivity contribution >= 4 is 23.2 Å². The van der Waals surface area contributed by atoms with E-state index in [0.29, 0.717) is 22.8 Å². The Kier molecular flexibility index (Phi) is 4.99. The molecule has 0 fully saturated rings. The lowest BCUT2D eigenvalue weighted by atomic mass is 10.0. The van der Waals surface area contributed by atoms with Crippen molar-refractivity contribution in [3.63, 3.8) is 0 Å². The van der Waals surface area contributed by atoms with Crippen LogP contribution in [0.2, 0.25) is 10.0 Å². The number of aryl methyl sites for hydroxylation is 1. The average Bonchev–Trinajstić information content (AvgIpc) is 2.77. The van der Waals surface area contributed by atoms with E-state index in [4.69, 9.17) is 29.0 Å². The van der Waals surface area contributed by atoms with Crippen LogP contribution < -0.4 is 11.3 Å². The Morgan fingerprint density at radius 1 is 1.40 bits per heavy atom. The van der Waals surface area contributed by atoms with E-state index in [0.717, 1.165) is 6.42 Å². The maximum Gasteiger partial charge on any atom is 0.142 e. The van der Waals surface area contributed by atoms with Crippen LogP contribution in [0.5, 0.6) is 0 Å². The molecule has 108 valence electrons. The second-order valence-electron chi connectivity index (χ2n) is 4.37. The zero-order chi connectivity index (χ0) is 14.7. The van der Waals surface area contributed by atoms with Gasteiger partial charge in [0.15, 0.2) is 0 Å². The Labute approximate surface area is 126 Å². The van der Waals surface area contributed by atoms with E-state index < -0.39 is 11.9 Å². The highest BCUT2D eigenvalue weighted by Gasteiger charge is 2.21. The standard InChI is InChI=1S/C13H15Cl2FN4/c1-2-5-20-13(10(15)7-18-20)12(19-17)8-3-4-9(14)11(16)6-8/h3-4,6-7,12,19H,2,5,17H2,1H3. The van der Waals surface area contributed by atoms with Crippen molar-refractivity contribution in [3.8, 4) is 0 Å². The summed E-state index contributed by atoms with van der Waals surface area (Å²) in [7, 11) is 0. The molecule has 20 heavy (non-hydrogen) atoms. The molecule has 2 rings (SSSR count). The summed E-state index contributed by atoms with van der Waals surface area (Å²) in [6.45, 7) is 2.74. The highest BCUT2D eigenvalue weighted by Crippen LogP contribution is 2.29. The highest BCUT2D eigenvalue weighted by atomic mass is 35.5. The van der Waals surface area contributed by atoms with Gasteiger partial charge in [-0.3, -0.25) is 10.5 Å². The van der Waals surface area contributed by atoms with Gasteiger partial charge in [-0.25, -0.2) is 9.82 Å². The second-order valence-corrected chi connectivity index (χ2v) is 5.19. The number of rotatable bonds is 5. The summed E-state index contributed by atoms with van der Waals surface area (Å²) >= 11 is 11.9. The van der Waals surface area contributed by atoms with Crippen LogP contribution in [-0.2, 0) is 6.54 Å². The van der Waals surface area contributed by atoms with Crippen molar-refractivity contribution in [1.29, 1.82) is 0 Å². The lowest BCUT2D eigenvalue weighted by Crippen LogP contribution is -2.31. The van der Waals surface area contributed by atoms with E-state index >= 15 is 0 Å². The average molecular weight is 317 g/mol. The van der Waals surface area contributed by atoms with E-state index in [1.807, 2.05) is 6.92 Å². The van der Waals surface area contributed by atoms with Gasteiger partial charge in [0.05, 0.1) is 28.0 Å². The van der Waals surface area contributed by atoms with Crippen molar-refractivity contribution in [2.75, 3.05) is 0 Å². The van der Waals surface area contributed by atoms with Crippen LogP contribution in [0.15, 0.2) is 24.4 Å². The number of benzene rings is 1. The van der Waals surface area contributed by atoms with Crippen LogP contribution in [0.3, 0.4) is 0 Å². The van der Waals surface area contributed by atoms with Crippen LogP contribution in [-0.4, -0.2) is 9.78 Å². The van der Waals surface area contributed by atoms with Gasteiger partial charge >= 0.3 is 0 Å². The Balaban J connectivity index is 2.46. The monoisotopic (exact) mass is 316 g/mol. The lowest BCUT2D eigenvalue weighted by Gasteiger charge is -2.19. The molecule has 1 aromatic heterocycles. The number of hydrogen-bond donors (Lipinski definition) is 2. The zero-order valence-electron chi connectivity index (χ0n) is 10.9. The van der Waals surface area contributed by atoms with Crippen LogP contribution in [0.25, 0.3) is 0 Å². The molecule has 2 aromatic rings. The Morgan fingerprint density at radius 2 is 2.15 bits per heavy atom. The molecule has 3 N–H and O–H groups in total. The molecule has 0 amide bonds. The summed E-state index contributed by atoms with van der Waals surface area (Å²) in [6.07, 6.45) is 2.46. The fourth-order valence-electron chi connectivity index (χ4n) is 2.07. The minimum Gasteiger partial charge on any atom is -0.271 e. The molecule has 0 saturated carbocycles. The van der Waals surface area contributed by atoms with Crippen LogP contribution >= 0.6 is 23.2 Å². The van der Waals surface area contributed by atoms with Gasteiger partial charge in [0, 0.05) is 6.54 Å². The molecule has 0 spiro atoms. The number of nitrogens with two attached hydrogens (primary N) is 1. The predicted molar refractivity (Wildman–Crippen MR) is 78.1 cm³/mol. The second kappa shape index (κ2) is 6.54. The Morgan fingerprint density at radius 3 is 2.75 bits per heavy atom. The van der Waals surface area contributed by atoms with Gasteiger partial charge in [-0.1, -0.05) is 36.2 Å². The fraction of sp³-hybridized carbons (Fsp3) is 0.308. The maximum absolute atomic E-state index is 13.6. The molecule has 1 aromatic carbocycles. The number of hydrogen-bond acceptors (Lipinski definition) is 3. The topological polar surface area (TPSA) is 55.9 Å². The van der Waals surface area contributed by atoms with E-state index in [-0.39, 0.29) is 5.02 Å². The van der Waals surface area contributed by atoms with Gasteiger partial charge in [-0.05, 0) is 24.1 Å². The molecule has 1 unspecified atom stereocenters. The van der Waals surface area contributed by atoms with Gasteiger partial charge in [-0.2, -0.15) is 5.10 Å². The summed E-state index contributed by atoms with van der Waals surface area (Å²) in [5.41, 5.74) is 3.99. The van der Waals surface area contributed by atoms with Gasteiger partial charge < -0.3 is 0 Å². The van der Waals surface area contributed by atoms with Crippen molar-refractivity contribution < 1.29 is 4.39 Å². The number of nitrogens with zero attached hydrogens (tertiary/aromatic N) is 2. The predicted octanol–water partition coefficient (Wildman–Crippen LogP) is 3.29. The third kappa shape index (κ3) is 2.96. The smallest absolute Gasteiger partial charge is 0.142 e. The maximum atomic E-state index is 13.6. The number of nitrogens with one attached hydrogen (secondary N) is 1. The first-order valence-electron chi connectivity index (χ1n) is 6.20. The molecule has 0 aliphatic heterocycles. The minimum absolute atomic E-state index is 0.0673. The van der Waals surface area contributed by atoms with Crippen molar-refractivity contribution in [2.45, 2.75) is 25.9 Å². The Hall–Kier alpha value is -1.14. The number of aromatic nitrogens is 2. The summed E-state index contributed by atoms with van der Waals surface area (Å²) in [5, 5.41) is 4.76. The van der Waals surface area contributed by atoms with Crippen LogP contribution in [0.4, 0.5) is 4.39 Å². The molecule has 1 atom stereocenters. The third-order valence-electron chi connectivity index (χ3n) is 2.99. The number of halogens is 3. The van der Waals surface area contributed by atoms with Crippen molar-refractivity contribution in [1.82, 2.24) is 15.2 Å². The largest absolute Gasteiger partial charge is 0.271 e. The lowest BCUT2D eigenvalue weighted by molar-refractivity contribution is 0.518. The Bertz CT molecular complexity index is 600. The first-order valence-corrected chi connectivity index (χ1v) is 6.96. The quantitative estimate of drug-likeness (QED) is 0.657. The normalized spacial score (nSPS) is 12.7. The van der Waals surface area contributed by atoms with Gasteiger partial charge in [0.2, 0.25) is 0 Å². The van der Waals surface area contributed by atoms with E-state index in [1.165, 1.54) is 12.1 Å². The van der Waals surface area contributed by atoms with E-state index in [2.05, 4.69) is 10.5 Å². The van der Waals surface area contributed by atoms with E-state index in [1.54, 1.807) is 16.9 Å². The molecular weight excluding hydrogens is 302 g/mol. The van der Waals surface area contributed by atoms with Crippen LogP contribution in [0.1, 0.15) is 30.6 Å². The molecular formula is C13H15Cl2FN4. The molecule has 4 nitrogen and oxygen atoms in total. The van der Waals surface area contributed by atoms with Gasteiger partial charge in [0.25, 0.3) is 0 Å². The van der Waals surface area contributed by atoms with Crippen molar-refractivity contribution in [3.05, 3.63) is 51.5 Å². The molecule has 0 aliphatic rings. The third-order valence-corrected chi connectivity index (χ3v) is 3.58. The molecule has 0 radical (unpaired) electrons. The summed E-state index contributed by atoms with van der Waals surface area (Å²) in [6, 6.07) is 4.08. The zero-order valence-corrected chi connectivity index (χ0v) is 12.4. The first-order chi connectivity index (χ1) is 9.58. The fourth-order valence-corrected chi connectivity index (χ4v) is 2.44. The summed E-state index contributed by atoms with van der Waals surface area (Å²) in [5.74, 6) is 5.11. The summed E-state index contributed by atoms with van der Waals surface area (Å²) in [4.78, 5) is 0. The minimum atomic E-state index is -0.498. The SMILES string of the molecule is CCCn1ncc(Cl)c1C(NN)c1ccc(Cl)c(F)c1. The van der Waals surface area contributed by atoms with Crippen molar-refractivity contribution in [2.24, 2.45) is 5.84 Å². The molecule has 0 bridgehead atoms. The van der Waals surface area contributed by atoms with E-state index in [9.17, 15) is 4.39 Å². The molecule has 1 heterocycles.